The maximum absolute atomic E-state index is 12.7. The maximum atomic E-state index is 12.7. The van der Waals surface area contributed by atoms with Gasteiger partial charge in [0.1, 0.15) is 0 Å². The molecule has 2 aromatic rings. The first-order valence-corrected chi connectivity index (χ1v) is 7.59. The lowest BCUT2D eigenvalue weighted by atomic mass is 10.0. The lowest BCUT2D eigenvalue weighted by molar-refractivity contribution is -0.142. The number of carbonyl (C=O) groups is 2. The van der Waals surface area contributed by atoms with E-state index in [-0.39, 0.29) is 17.8 Å². The lowest BCUT2D eigenvalue weighted by Gasteiger charge is -2.09. The van der Waals surface area contributed by atoms with Gasteiger partial charge in [0, 0.05) is 5.56 Å². The van der Waals surface area contributed by atoms with Crippen LogP contribution < -0.4 is 0 Å². The molecule has 0 saturated carbocycles. The Labute approximate surface area is 143 Å². The summed E-state index contributed by atoms with van der Waals surface area (Å²) in [6.07, 6.45) is -4.80. The molecule has 2 aromatic carbocycles. The number of Topliss-reactive ketones (excluding diaryl/α,β-unsaturated/α-hetero) is 1. The molecule has 0 unspecified atom stereocenters. The van der Waals surface area contributed by atoms with Gasteiger partial charge in [-0.15, -0.1) is 0 Å². The van der Waals surface area contributed by atoms with Crippen LogP contribution in [0.25, 0.3) is 0 Å². The van der Waals surface area contributed by atoms with Crippen molar-refractivity contribution in [1.82, 2.24) is 0 Å². The largest absolute Gasteiger partial charge is 0.457 e. The Hall–Kier alpha value is -2.63. The Bertz CT molecular complexity index is 795. The first-order valence-electron chi connectivity index (χ1n) is 7.59. The zero-order chi connectivity index (χ0) is 18.6. The second kappa shape index (κ2) is 7.51. The minimum Gasteiger partial charge on any atom is -0.457 e. The number of rotatable bonds is 5. The van der Waals surface area contributed by atoms with E-state index in [1.165, 1.54) is 12.1 Å². The smallest absolute Gasteiger partial charge is 0.416 e. The van der Waals surface area contributed by atoms with Gasteiger partial charge < -0.3 is 4.74 Å². The van der Waals surface area contributed by atoms with Gasteiger partial charge in [-0.2, -0.15) is 13.2 Å². The van der Waals surface area contributed by atoms with Crippen LogP contribution in [0.4, 0.5) is 13.2 Å². The van der Waals surface area contributed by atoms with Crippen molar-refractivity contribution in [3.05, 3.63) is 70.3 Å². The number of benzene rings is 2. The van der Waals surface area contributed by atoms with Gasteiger partial charge in [0.25, 0.3) is 0 Å². The molecule has 0 aromatic heterocycles. The zero-order valence-corrected chi connectivity index (χ0v) is 13.8. The standard InChI is InChI=1S/C19H17F3O3/c1-12-6-7-13(2)16(8-12)17(23)11-25-18(24)10-14-4-3-5-15(9-14)19(20,21)22/h3-9H,10-11H2,1-2H3. The number of ether oxygens (including phenoxy) is 1. The summed E-state index contributed by atoms with van der Waals surface area (Å²) in [6, 6.07) is 9.83. The maximum Gasteiger partial charge on any atom is 0.416 e. The summed E-state index contributed by atoms with van der Waals surface area (Å²) in [5, 5.41) is 0. The van der Waals surface area contributed by atoms with Crippen LogP contribution in [0.3, 0.4) is 0 Å². The van der Waals surface area contributed by atoms with Crippen LogP contribution in [0.1, 0.15) is 32.6 Å². The van der Waals surface area contributed by atoms with Crippen LogP contribution >= 0.6 is 0 Å². The lowest BCUT2D eigenvalue weighted by Crippen LogP contribution is -2.17. The molecule has 0 atom stereocenters. The van der Waals surface area contributed by atoms with E-state index in [0.717, 1.165) is 23.3 Å². The second-order valence-electron chi connectivity index (χ2n) is 5.78. The first kappa shape index (κ1) is 18.7. The van der Waals surface area contributed by atoms with E-state index < -0.39 is 24.3 Å². The average Bonchev–Trinajstić information content (AvgIpc) is 2.54. The van der Waals surface area contributed by atoms with Crippen molar-refractivity contribution >= 4 is 11.8 Å². The van der Waals surface area contributed by atoms with Crippen molar-refractivity contribution in [2.45, 2.75) is 26.4 Å². The molecule has 2 rings (SSSR count). The van der Waals surface area contributed by atoms with E-state index in [4.69, 9.17) is 4.74 Å². The normalized spacial score (nSPS) is 11.2. The summed E-state index contributed by atoms with van der Waals surface area (Å²) in [5.41, 5.74) is 1.49. The van der Waals surface area contributed by atoms with Crippen LogP contribution in [0, 0.1) is 13.8 Å². The molecule has 0 bridgehead atoms. The molecule has 0 fully saturated rings. The van der Waals surface area contributed by atoms with Gasteiger partial charge in [0.15, 0.2) is 6.61 Å². The van der Waals surface area contributed by atoms with Crippen LogP contribution in [-0.2, 0) is 22.1 Å². The predicted octanol–water partition coefficient (Wildman–Crippen LogP) is 4.29. The molecule has 25 heavy (non-hydrogen) atoms. The monoisotopic (exact) mass is 350 g/mol. The number of hydrogen-bond donors (Lipinski definition) is 0. The fraction of sp³-hybridized carbons (Fsp3) is 0.263. The van der Waals surface area contributed by atoms with Crippen molar-refractivity contribution in [1.29, 1.82) is 0 Å². The SMILES string of the molecule is Cc1ccc(C)c(C(=O)COC(=O)Cc2cccc(C(F)(F)F)c2)c1. The fourth-order valence-electron chi connectivity index (χ4n) is 2.34. The molecular weight excluding hydrogens is 333 g/mol. The van der Waals surface area contributed by atoms with E-state index in [1.54, 1.807) is 19.1 Å². The molecule has 0 aliphatic rings. The van der Waals surface area contributed by atoms with Gasteiger partial charge in [-0.1, -0.05) is 35.9 Å². The summed E-state index contributed by atoms with van der Waals surface area (Å²) in [5.74, 6) is -1.10. The average molecular weight is 350 g/mol. The first-order chi connectivity index (χ1) is 11.7. The van der Waals surface area contributed by atoms with E-state index in [2.05, 4.69) is 0 Å². The Morgan fingerprint density at radius 2 is 1.76 bits per heavy atom. The number of alkyl halides is 3. The molecular formula is C19H17F3O3. The summed E-state index contributed by atoms with van der Waals surface area (Å²) >= 11 is 0. The molecule has 6 heteroatoms. The molecule has 0 aliphatic heterocycles. The molecule has 0 amide bonds. The molecule has 132 valence electrons. The van der Waals surface area contributed by atoms with Gasteiger partial charge >= 0.3 is 12.1 Å². The number of esters is 1. The van der Waals surface area contributed by atoms with Crippen molar-refractivity contribution in [3.63, 3.8) is 0 Å². The highest BCUT2D eigenvalue weighted by atomic mass is 19.4. The highest BCUT2D eigenvalue weighted by Crippen LogP contribution is 2.29. The third-order valence-electron chi connectivity index (χ3n) is 3.66. The van der Waals surface area contributed by atoms with Gasteiger partial charge in [-0.05, 0) is 37.1 Å². The van der Waals surface area contributed by atoms with E-state index in [1.807, 2.05) is 13.0 Å². The quantitative estimate of drug-likeness (QED) is 0.597. The van der Waals surface area contributed by atoms with Crippen LogP contribution in [-0.4, -0.2) is 18.4 Å². The van der Waals surface area contributed by atoms with Crippen molar-refractivity contribution < 1.29 is 27.5 Å². The minimum atomic E-state index is -4.47. The molecule has 0 aliphatic carbocycles. The summed E-state index contributed by atoms with van der Waals surface area (Å²) in [7, 11) is 0. The Balaban J connectivity index is 1.97. The van der Waals surface area contributed by atoms with Crippen molar-refractivity contribution in [3.8, 4) is 0 Å². The van der Waals surface area contributed by atoms with E-state index in [9.17, 15) is 22.8 Å². The number of carbonyl (C=O) groups excluding carboxylic acids is 2. The van der Waals surface area contributed by atoms with E-state index >= 15 is 0 Å². The van der Waals surface area contributed by atoms with Gasteiger partial charge in [-0.25, -0.2) is 0 Å². The molecule has 0 N–H and O–H groups in total. The molecule has 3 nitrogen and oxygen atoms in total. The Kier molecular flexibility index (Phi) is 5.62. The minimum absolute atomic E-state index is 0.180. The van der Waals surface area contributed by atoms with Crippen LogP contribution in [0.2, 0.25) is 0 Å². The number of hydrogen-bond acceptors (Lipinski definition) is 3. The Morgan fingerprint density at radius 1 is 1.04 bits per heavy atom. The molecule has 0 spiro atoms. The highest BCUT2D eigenvalue weighted by molar-refractivity contribution is 5.99. The van der Waals surface area contributed by atoms with Crippen LogP contribution in [0.5, 0.6) is 0 Å². The van der Waals surface area contributed by atoms with Crippen molar-refractivity contribution in [2.24, 2.45) is 0 Å². The summed E-state index contributed by atoms with van der Waals surface area (Å²) in [4.78, 5) is 23.9. The predicted molar refractivity (Wildman–Crippen MR) is 86.4 cm³/mol. The summed E-state index contributed by atoms with van der Waals surface area (Å²) < 4.78 is 42.9. The molecule has 0 saturated heterocycles. The third-order valence-corrected chi connectivity index (χ3v) is 3.66. The number of aryl methyl sites for hydroxylation is 2. The number of ketones is 1. The van der Waals surface area contributed by atoms with Crippen molar-refractivity contribution in [2.75, 3.05) is 6.61 Å². The molecule has 0 radical (unpaired) electrons. The topological polar surface area (TPSA) is 43.4 Å². The summed E-state index contributed by atoms with van der Waals surface area (Å²) in [6.45, 7) is 3.18. The Morgan fingerprint density at radius 3 is 2.44 bits per heavy atom. The van der Waals surface area contributed by atoms with Gasteiger partial charge in [-0.3, -0.25) is 9.59 Å². The molecule has 0 heterocycles. The zero-order valence-electron chi connectivity index (χ0n) is 13.8. The van der Waals surface area contributed by atoms with E-state index in [0.29, 0.717) is 5.56 Å². The fourth-order valence-corrected chi connectivity index (χ4v) is 2.34. The number of halogens is 3. The third kappa shape index (κ3) is 5.17. The van der Waals surface area contributed by atoms with Crippen LogP contribution in [0.15, 0.2) is 42.5 Å². The highest BCUT2D eigenvalue weighted by Gasteiger charge is 2.30. The van der Waals surface area contributed by atoms with Gasteiger partial charge in [0.05, 0.1) is 12.0 Å². The second-order valence-corrected chi connectivity index (χ2v) is 5.78. The van der Waals surface area contributed by atoms with Gasteiger partial charge in [0.2, 0.25) is 5.78 Å².